The van der Waals surface area contributed by atoms with Crippen molar-refractivity contribution in [3.05, 3.63) is 231 Å². The van der Waals surface area contributed by atoms with Gasteiger partial charge < -0.3 is 15.1 Å². The lowest BCUT2D eigenvalue weighted by atomic mass is 9.99. The Morgan fingerprint density at radius 2 is 0.844 bits per heavy atom. The second-order valence-corrected chi connectivity index (χ2v) is 17.4. The zero-order valence-corrected chi connectivity index (χ0v) is 35.6. The fourth-order valence-corrected chi connectivity index (χ4v) is 10.1. The van der Waals surface area contributed by atoms with Gasteiger partial charge in [0.15, 0.2) is 0 Å². The molecule has 11 aromatic carbocycles. The van der Waals surface area contributed by atoms with E-state index in [9.17, 15) is 0 Å². The summed E-state index contributed by atoms with van der Waals surface area (Å²) in [5.74, 6) is 0. The SMILES string of the molecule is c1ccc(Nc2ccc3cc(-c4ccc5sc6cc7ccccc7cc6c5c4)ccc3c2)cc1.c1ccc(Nc2ccccc2-c2ccc3c(c2)oc2cc4ccccc4cc23)cc1. The Kier molecular flexibility index (Phi) is 9.36. The molecule has 0 spiro atoms. The highest BCUT2D eigenvalue weighted by Crippen LogP contribution is 2.40. The lowest BCUT2D eigenvalue weighted by Crippen LogP contribution is -1.92. The van der Waals surface area contributed by atoms with Gasteiger partial charge in [-0.25, -0.2) is 0 Å². The number of hydrogen-bond acceptors (Lipinski definition) is 4. The first kappa shape index (κ1) is 37.6. The van der Waals surface area contributed by atoms with Crippen LogP contribution < -0.4 is 10.6 Å². The van der Waals surface area contributed by atoms with Gasteiger partial charge in [-0.2, -0.15) is 0 Å². The van der Waals surface area contributed by atoms with Crippen molar-refractivity contribution >= 4 is 109 Å². The van der Waals surface area contributed by atoms with Gasteiger partial charge in [-0.1, -0.05) is 133 Å². The first-order valence-corrected chi connectivity index (χ1v) is 22.4. The second-order valence-electron chi connectivity index (χ2n) is 16.3. The molecule has 2 N–H and O–H groups in total. The molecule has 64 heavy (non-hydrogen) atoms. The summed E-state index contributed by atoms with van der Waals surface area (Å²) < 4.78 is 8.95. The van der Waals surface area contributed by atoms with Crippen LogP contribution in [0.25, 0.3) is 96.7 Å². The zero-order valence-electron chi connectivity index (χ0n) is 34.8. The Morgan fingerprint density at radius 1 is 0.297 bits per heavy atom. The van der Waals surface area contributed by atoms with Gasteiger partial charge in [-0.05, 0) is 146 Å². The van der Waals surface area contributed by atoms with Gasteiger partial charge in [0.25, 0.3) is 0 Å². The number of fused-ring (bicyclic) bond motifs is 9. The van der Waals surface area contributed by atoms with Crippen LogP contribution in [0.1, 0.15) is 0 Å². The Balaban J connectivity index is 0.000000136. The van der Waals surface area contributed by atoms with Crippen molar-refractivity contribution in [2.24, 2.45) is 0 Å². The number of rotatable bonds is 6. The smallest absolute Gasteiger partial charge is 0.136 e. The van der Waals surface area contributed by atoms with Gasteiger partial charge in [-0.3, -0.25) is 0 Å². The van der Waals surface area contributed by atoms with Gasteiger partial charge in [0.05, 0.1) is 0 Å². The maximum Gasteiger partial charge on any atom is 0.136 e. The molecule has 0 saturated heterocycles. The third-order valence-corrected chi connectivity index (χ3v) is 13.3. The van der Waals surface area contributed by atoms with Gasteiger partial charge in [0, 0.05) is 59.3 Å². The fraction of sp³-hybridized carbons (Fsp3) is 0. The van der Waals surface area contributed by atoms with Crippen molar-refractivity contribution in [3.8, 4) is 22.3 Å². The van der Waals surface area contributed by atoms with Crippen LogP contribution >= 0.6 is 11.3 Å². The van der Waals surface area contributed by atoms with Crippen LogP contribution in [0.3, 0.4) is 0 Å². The van der Waals surface area contributed by atoms with E-state index in [0.29, 0.717) is 0 Å². The van der Waals surface area contributed by atoms with Crippen molar-refractivity contribution in [1.82, 2.24) is 0 Å². The van der Waals surface area contributed by atoms with Crippen LogP contribution in [0.2, 0.25) is 0 Å². The van der Waals surface area contributed by atoms with Crippen molar-refractivity contribution < 1.29 is 4.42 Å². The molecular weight excluding hydrogens is 797 g/mol. The number of nitrogens with one attached hydrogen (secondary N) is 2. The van der Waals surface area contributed by atoms with E-state index < -0.39 is 0 Å². The van der Waals surface area contributed by atoms with Crippen LogP contribution in [-0.2, 0) is 0 Å². The Bertz CT molecular complexity index is 3850. The summed E-state index contributed by atoms with van der Waals surface area (Å²) in [5.41, 5.74) is 11.0. The highest BCUT2D eigenvalue weighted by atomic mass is 32.1. The molecule has 0 bridgehead atoms. The molecular formula is C60H40N2OS. The van der Waals surface area contributed by atoms with Gasteiger partial charge in [-0.15, -0.1) is 11.3 Å². The van der Waals surface area contributed by atoms with E-state index in [2.05, 4.69) is 205 Å². The van der Waals surface area contributed by atoms with Crippen LogP contribution in [0.5, 0.6) is 0 Å². The number of hydrogen-bond donors (Lipinski definition) is 2. The van der Waals surface area contributed by atoms with Crippen LogP contribution in [0.4, 0.5) is 22.7 Å². The van der Waals surface area contributed by atoms with E-state index in [0.717, 1.165) is 55.8 Å². The third kappa shape index (κ3) is 7.16. The molecule has 0 amide bonds. The lowest BCUT2D eigenvalue weighted by molar-refractivity contribution is 0.669. The number of furan rings is 1. The molecule has 2 aromatic heterocycles. The topological polar surface area (TPSA) is 37.2 Å². The maximum atomic E-state index is 6.26. The molecule has 0 radical (unpaired) electrons. The Hall–Kier alpha value is -8.18. The molecule has 2 heterocycles. The summed E-state index contributed by atoms with van der Waals surface area (Å²) in [6.07, 6.45) is 0. The van der Waals surface area contributed by atoms with Gasteiger partial charge >= 0.3 is 0 Å². The average molecular weight is 837 g/mol. The van der Waals surface area contributed by atoms with E-state index in [1.54, 1.807) is 0 Å². The minimum Gasteiger partial charge on any atom is -0.456 e. The summed E-state index contributed by atoms with van der Waals surface area (Å²) >= 11 is 1.88. The normalized spacial score (nSPS) is 11.4. The zero-order chi connectivity index (χ0) is 42.4. The third-order valence-electron chi connectivity index (χ3n) is 12.2. The fourth-order valence-electron chi connectivity index (χ4n) is 8.98. The Labute approximate surface area is 374 Å². The van der Waals surface area contributed by atoms with E-state index >= 15 is 0 Å². The number of para-hydroxylation sites is 3. The van der Waals surface area contributed by atoms with Gasteiger partial charge in [0.2, 0.25) is 0 Å². The summed E-state index contributed by atoms with van der Waals surface area (Å²) in [6, 6.07) is 81.7. The molecule has 0 unspecified atom stereocenters. The van der Waals surface area contributed by atoms with Crippen LogP contribution in [0, 0.1) is 0 Å². The molecule has 3 nitrogen and oxygen atoms in total. The van der Waals surface area contributed by atoms with Crippen molar-refractivity contribution in [1.29, 1.82) is 0 Å². The predicted octanol–water partition coefficient (Wildman–Crippen LogP) is 17.9. The minimum atomic E-state index is 0.910. The van der Waals surface area contributed by atoms with E-state index in [1.165, 1.54) is 63.6 Å². The Morgan fingerprint density at radius 3 is 1.62 bits per heavy atom. The quantitative estimate of drug-likeness (QED) is 0.175. The largest absolute Gasteiger partial charge is 0.456 e. The van der Waals surface area contributed by atoms with Crippen LogP contribution in [-0.4, -0.2) is 0 Å². The average Bonchev–Trinajstić information content (AvgIpc) is 3.89. The first-order valence-electron chi connectivity index (χ1n) is 21.6. The monoisotopic (exact) mass is 836 g/mol. The van der Waals surface area contributed by atoms with Crippen molar-refractivity contribution in [3.63, 3.8) is 0 Å². The lowest BCUT2D eigenvalue weighted by Gasteiger charge is -2.12. The molecule has 0 saturated carbocycles. The summed E-state index contributed by atoms with van der Waals surface area (Å²) in [4.78, 5) is 0. The molecule has 0 aliphatic rings. The van der Waals surface area contributed by atoms with E-state index in [1.807, 2.05) is 47.7 Å². The number of anilines is 4. The molecule has 0 aliphatic heterocycles. The maximum absolute atomic E-state index is 6.26. The highest BCUT2D eigenvalue weighted by molar-refractivity contribution is 7.25. The summed E-state index contributed by atoms with van der Waals surface area (Å²) in [6.45, 7) is 0. The minimum absolute atomic E-state index is 0.910. The molecule has 302 valence electrons. The molecule has 4 heteroatoms. The van der Waals surface area contributed by atoms with Gasteiger partial charge in [0.1, 0.15) is 11.2 Å². The van der Waals surface area contributed by atoms with Crippen LogP contribution in [0.15, 0.2) is 235 Å². The predicted molar refractivity (Wildman–Crippen MR) is 276 cm³/mol. The second kappa shape index (κ2) is 15.9. The molecule has 13 aromatic rings. The molecule has 13 rings (SSSR count). The standard InChI is InChI=1S/C32H21NS.C28H19NO/c1-2-8-27(9-3-1)33-28-14-12-24-16-23(10-11-25(24)17-28)26-13-15-31-29(19-26)30-18-21-6-4-5-7-22(21)20-32(30)34-31;1-2-10-22(11-3-1)29-26-13-7-6-12-23(26)21-14-15-24-25-16-19-8-4-5-9-20(19)17-28(25)30-27(24)18-21/h1-20,33H;1-18,29H. The summed E-state index contributed by atoms with van der Waals surface area (Å²) in [5, 5.41) is 19.5. The highest BCUT2D eigenvalue weighted by Gasteiger charge is 2.13. The molecule has 0 fully saturated rings. The molecule has 0 aliphatic carbocycles. The van der Waals surface area contributed by atoms with Crippen molar-refractivity contribution in [2.75, 3.05) is 10.6 Å². The number of benzene rings is 11. The van der Waals surface area contributed by atoms with Crippen molar-refractivity contribution in [2.45, 2.75) is 0 Å². The summed E-state index contributed by atoms with van der Waals surface area (Å²) in [7, 11) is 0. The first-order chi connectivity index (χ1) is 31.6. The van der Waals surface area contributed by atoms with E-state index in [-0.39, 0.29) is 0 Å². The number of thiophene rings is 1. The van der Waals surface area contributed by atoms with E-state index in [4.69, 9.17) is 4.42 Å². The molecule has 0 atom stereocenters.